The van der Waals surface area contributed by atoms with Crippen LogP contribution in [0.1, 0.15) is 11.1 Å². The number of aromatic nitrogens is 2. The molecule has 7 heteroatoms. The molecule has 0 atom stereocenters. The summed E-state index contributed by atoms with van der Waals surface area (Å²) in [5.41, 5.74) is 2.66. The molecule has 3 N–H and O–H groups in total. The third-order valence-corrected chi connectivity index (χ3v) is 3.54. The van der Waals surface area contributed by atoms with Crippen molar-refractivity contribution in [1.29, 1.82) is 5.26 Å². The quantitative estimate of drug-likeness (QED) is 0.656. The fourth-order valence-corrected chi connectivity index (χ4v) is 2.25. The number of anilines is 3. The van der Waals surface area contributed by atoms with E-state index >= 15 is 0 Å². The van der Waals surface area contributed by atoms with Gasteiger partial charge in [-0.1, -0.05) is 18.2 Å². The topological polar surface area (TPSA) is 103 Å². The first-order chi connectivity index (χ1) is 12.7. The third kappa shape index (κ3) is 4.55. The molecule has 0 radical (unpaired) electrons. The van der Waals surface area contributed by atoms with Crippen molar-refractivity contribution in [3.63, 3.8) is 0 Å². The van der Waals surface area contributed by atoms with Gasteiger partial charge in [0.25, 0.3) is 0 Å². The van der Waals surface area contributed by atoms with Crippen LogP contribution in [0.4, 0.5) is 22.0 Å². The van der Waals surface area contributed by atoms with Crippen LogP contribution in [0.3, 0.4) is 0 Å². The van der Waals surface area contributed by atoms with Crippen molar-refractivity contribution in [1.82, 2.24) is 9.97 Å². The van der Waals surface area contributed by atoms with Crippen molar-refractivity contribution in [3.8, 4) is 6.07 Å². The zero-order chi connectivity index (χ0) is 18.2. The van der Waals surface area contributed by atoms with Crippen LogP contribution in [0.25, 0.3) is 0 Å². The zero-order valence-corrected chi connectivity index (χ0v) is 13.8. The number of para-hydroxylation sites is 1. The predicted molar refractivity (Wildman–Crippen MR) is 99.6 cm³/mol. The van der Waals surface area contributed by atoms with E-state index in [4.69, 9.17) is 5.26 Å². The second-order valence-corrected chi connectivity index (χ2v) is 5.38. The first kappa shape index (κ1) is 16.9. The zero-order valence-electron chi connectivity index (χ0n) is 13.8. The van der Waals surface area contributed by atoms with Gasteiger partial charge in [-0.3, -0.25) is 4.98 Å². The molecular formula is C19H16N6O. The predicted octanol–water partition coefficient (Wildman–Crippen LogP) is 3.60. The number of hydrogen-bond acceptors (Lipinski definition) is 5. The maximum atomic E-state index is 12.2. The van der Waals surface area contributed by atoms with E-state index in [2.05, 4.69) is 25.9 Å². The Morgan fingerprint density at radius 2 is 1.88 bits per heavy atom. The third-order valence-electron chi connectivity index (χ3n) is 3.54. The molecule has 7 nitrogen and oxygen atoms in total. The molecule has 2 amide bonds. The average Bonchev–Trinajstić information content (AvgIpc) is 2.68. The Morgan fingerprint density at radius 3 is 2.62 bits per heavy atom. The molecule has 2 aromatic heterocycles. The van der Waals surface area contributed by atoms with Gasteiger partial charge < -0.3 is 16.0 Å². The number of amides is 2. The Kier molecular flexibility index (Phi) is 5.38. The summed E-state index contributed by atoms with van der Waals surface area (Å²) in [6.45, 7) is 0.447. The lowest BCUT2D eigenvalue weighted by Crippen LogP contribution is -2.20. The molecule has 0 bridgehead atoms. The number of carbonyl (C=O) groups excluding carboxylic acids is 1. The molecule has 1 aromatic carbocycles. The number of rotatable bonds is 5. The molecule has 2 heterocycles. The molecule has 3 aromatic rings. The summed E-state index contributed by atoms with van der Waals surface area (Å²) in [6.07, 6.45) is 4.75. The minimum Gasteiger partial charge on any atom is -0.366 e. The van der Waals surface area contributed by atoms with E-state index in [9.17, 15) is 4.79 Å². The molecule has 0 spiro atoms. The Labute approximate surface area is 150 Å². The lowest BCUT2D eigenvalue weighted by atomic mass is 10.2. The van der Waals surface area contributed by atoms with Gasteiger partial charge in [0.05, 0.1) is 17.4 Å². The lowest BCUT2D eigenvalue weighted by Gasteiger charge is -2.12. The monoisotopic (exact) mass is 344 g/mol. The first-order valence-electron chi connectivity index (χ1n) is 7.90. The van der Waals surface area contributed by atoms with Gasteiger partial charge in [-0.05, 0) is 35.9 Å². The second kappa shape index (κ2) is 8.26. The Hall–Kier alpha value is -3.92. The Morgan fingerprint density at radius 1 is 1.04 bits per heavy atom. The smallest absolute Gasteiger partial charge is 0.323 e. The second-order valence-electron chi connectivity index (χ2n) is 5.38. The van der Waals surface area contributed by atoms with E-state index in [0.717, 1.165) is 5.56 Å². The molecule has 3 rings (SSSR count). The van der Waals surface area contributed by atoms with Gasteiger partial charge in [-0.25, -0.2) is 9.78 Å². The van der Waals surface area contributed by atoms with Crippen molar-refractivity contribution < 1.29 is 4.79 Å². The van der Waals surface area contributed by atoms with Crippen molar-refractivity contribution >= 4 is 23.2 Å². The van der Waals surface area contributed by atoms with Crippen molar-refractivity contribution in [2.24, 2.45) is 0 Å². The standard InChI is InChI=1S/C19H16N6O/c20-10-14-6-7-18(22-11-14)23-12-15-8-9-21-13-17(15)25-19(26)24-16-4-2-1-3-5-16/h1-9,11,13H,12H2,(H,22,23)(H2,24,25,26). The van der Waals surface area contributed by atoms with E-state index < -0.39 is 0 Å². The Bertz CT molecular complexity index is 919. The van der Waals surface area contributed by atoms with E-state index in [1.165, 1.54) is 6.20 Å². The van der Waals surface area contributed by atoms with Crippen LogP contribution >= 0.6 is 0 Å². The highest BCUT2D eigenvalue weighted by Gasteiger charge is 2.07. The minimum absolute atomic E-state index is 0.345. The van der Waals surface area contributed by atoms with Crippen LogP contribution in [-0.4, -0.2) is 16.0 Å². The Balaban J connectivity index is 1.63. The molecule has 0 aliphatic rings. The van der Waals surface area contributed by atoms with Gasteiger partial charge >= 0.3 is 6.03 Å². The average molecular weight is 344 g/mol. The van der Waals surface area contributed by atoms with Crippen LogP contribution in [0.2, 0.25) is 0 Å². The molecule has 0 aliphatic carbocycles. The molecule has 0 saturated carbocycles. The van der Waals surface area contributed by atoms with Gasteiger partial charge in [-0.2, -0.15) is 5.26 Å². The fourth-order valence-electron chi connectivity index (χ4n) is 2.25. The van der Waals surface area contributed by atoms with Crippen molar-refractivity contribution in [2.75, 3.05) is 16.0 Å². The minimum atomic E-state index is -0.345. The number of carbonyl (C=O) groups is 1. The number of nitriles is 1. The molecular weight excluding hydrogens is 328 g/mol. The van der Waals surface area contributed by atoms with Gasteiger partial charge in [0.1, 0.15) is 11.9 Å². The van der Waals surface area contributed by atoms with Crippen LogP contribution in [-0.2, 0) is 6.54 Å². The first-order valence-corrected chi connectivity index (χ1v) is 7.90. The van der Waals surface area contributed by atoms with Gasteiger partial charge in [0.2, 0.25) is 0 Å². The van der Waals surface area contributed by atoms with E-state index in [0.29, 0.717) is 29.3 Å². The summed E-state index contributed by atoms with van der Waals surface area (Å²) in [4.78, 5) is 20.4. The molecule has 0 aliphatic heterocycles. The number of pyridine rings is 2. The number of benzene rings is 1. The van der Waals surface area contributed by atoms with E-state index in [1.54, 1.807) is 24.5 Å². The van der Waals surface area contributed by atoms with Gasteiger partial charge in [0.15, 0.2) is 0 Å². The van der Waals surface area contributed by atoms with Crippen LogP contribution < -0.4 is 16.0 Å². The summed E-state index contributed by atoms with van der Waals surface area (Å²) < 4.78 is 0. The molecule has 0 fully saturated rings. The summed E-state index contributed by atoms with van der Waals surface area (Å²) in [5, 5.41) is 17.5. The fraction of sp³-hybridized carbons (Fsp3) is 0.0526. The van der Waals surface area contributed by atoms with Gasteiger partial charge in [0, 0.05) is 24.6 Å². The maximum Gasteiger partial charge on any atom is 0.323 e. The lowest BCUT2D eigenvalue weighted by molar-refractivity contribution is 0.262. The number of nitrogens with one attached hydrogen (secondary N) is 3. The summed E-state index contributed by atoms with van der Waals surface area (Å²) in [6, 6.07) is 16.1. The van der Waals surface area contributed by atoms with E-state index in [-0.39, 0.29) is 6.03 Å². The molecule has 0 unspecified atom stereocenters. The van der Waals surface area contributed by atoms with Crippen LogP contribution in [0, 0.1) is 11.3 Å². The van der Waals surface area contributed by atoms with Crippen LogP contribution in [0.5, 0.6) is 0 Å². The molecule has 128 valence electrons. The van der Waals surface area contributed by atoms with Crippen molar-refractivity contribution in [2.45, 2.75) is 6.54 Å². The van der Waals surface area contributed by atoms with Gasteiger partial charge in [-0.15, -0.1) is 0 Å². The normalized spacial score (nSPS) is 9.81. The van der Waals surface area contributed by atoms with Crippen LogP contribution in [0.15, 0.2) is 67.1 Å². The number of nitrogens with zero attached hydrogens (tertiary/aromatic N) is 3. The summed E-state index contributed by atoms with van der Waals surface area (Å²) >= 11 is 0. The summed E-state index contributed by atoms with van der Waals surface area (Å²) in [5.74, 6) is 0.639. The number of urea groups is 1. The number of hydrogen-bond donors (Lipinski definition) is 3. The molecule has 0 saturated heterocycles. The maximum absolute atomic E-state index is 12.2. The van der Waals surface area contributed by atoms with E-state index in [1.807, 2.05) is 42.5 Å². The summed E-state index contributed by atoms with van der Waals surface area (Å²) in [7, 11) is 0. The highest BCUT2D eigenvalue weighted by molar-refractivity contribution is 6.00. The highest BCUT2D eigenvalue weighted by atomic mass is 16.2. The highest BCUT2D eigenvalue weighted by Crippen LogP contribution is 2.16. The largest absolute Gasteiger partial charge is 0.366 e. The van der Waals surface area contributed by atoms with Crippen molar-refractivity contribution in [3.05, 3.63) is 78.2 Å². The SMILES string of the molecule is N#Cc1ccc(NCc2ccncc2NC(=O)Nc2ccccc2)nc1. The molecule has 26 heavy (non-hydrogen) atoms.